The van der Waals surface area contributed by atoms with Gasteiger partial charge in [0.25, 0.3) is 5.91 Å². The third-order valence-corrected chi connectivity index (χ3v) is 4.55. The van der Waals surface area contributed by atoms with E-state index in [0.29, 0.717) is 5.41 Å². The van der Waals surface area contributed by atoms with Gasteiger partial charge in [-0.1, -0.05) is 19.4 Å². The lowest BCUT2D eigenvalue weighted by molar-refractivity contribution is 0.0850. The molecule has 0 spiro atoms. The SMILES string of the molecule is CCC1(CNC(=O)c2cccc(I)c2)CCC1. The summed E-state index contributed by atoms with van der Waals surface area (Å²) >= 11 is 2.23. The Bertz CT molecular complexity index is 407. The topological polar surface area (TPSA) is 29.1 Å². The molecule has 0 aromatic heterocycles. The van der Waals surface area contributed by atoms with E-state index in [1.807, 2.05) is 24.3 Å². The van der Waals surface area contributed by atoms with Crippen molar-refractivity contribution in [2.24, 2.45) is 5.41 Å². The third kappa shape index (κ3) is 3.00. The van der Waals surface area contributed by atoms with E-state index < -0.39 is 0 Å². The molecule has 0 atom stereocenters. The lowest BCUT2D eigenvalue weighted by atomic mass is 9.67. The molecule has 2 rings (SSSR count). The molecule has 1 fully saturated rings. The van der Waals surface area contributed by atoms with Gasteiger partial charge >= 0.3 is 0 Å². The predicted molar refractivity (Wildman–Crippen MR) is 78.1 cm³/mol. The molecular formula is C14H18INO. The first-order valence-electron chi connectivity index (χ1n) is 6.19. The monoisotopic (exact) mass is 343 g/mol. The average Bonchev–Trinajstić information content (AvgIpc) is 2.28. The number of benzene rings is 1. The van der Waals surface area contributed by atoms with Gasteiger partial charge in [0.15, 0.2) is 0 Å². The Labute approximate surface area is 116 Å². The molecule has 1 aliphatic carbocycles. The molecule has 92 valence electrons. The highest BCUT2D eigenvalue weighted by Crippen LogP contribution is 2.43. The zero-order valence-corrected chi connectivity index (χ0v) is 12.3. The Morgan fingerprint density at radius 1 is 1.47 bits per heavy atom. The molecule has 0 aliphatic heterocycles. The summed E-state index contributed by atoms with van der Waals surface area (Å²) < 4.78 is 1.10. The van der Waals surface area contributed by atoms with E-state index in [9.17, 15) is 4.79 Å². The molecule has 0 radical (unpaired) electrons. The number of amides is 1. The quantitative estimate of drug-likeness (QED) is 0.832. The summed E-state index contributed by atoms with van der Waals surface area (Å²) in [5.41, 5.74) is 1.15. The minimum atomic E-state index is 0.0586. The Kier molecular flexibility index (Phi) is 4.07. The van der Waals surface area contributed by atoms with Crippen molar-refractivity contribution in [3.63, 3.8) is 0 Å². The number of rotatable bonds is 4. The minimum absolute atomic E-state index is 0.0586. The van der Waals surface area contributed by atoms with Crippen LogP contribution in [0.4, 0.5) is 0 Å². The molecule has 0 unspecified atom stereocenters. The maximum atomic E-state index is 12.0. The highest BCUT2D eigenvalue weighted by molar-refractivity contribution is 14.1. The molecule has 1 aromatic rings. The molecule has 1 N–H and O–H groups in total. The highest BCUT2D eigenvalue weighted by atomic mass is 127. The molecule has 2 nitrogen and oxygen atoms in total. The molecule has 1 aliphatic rings. The number of nitrogens with one attached hydrogen (secondary N) is 1. The average molecular weight is 343 g/mol. The van der Waals surface area contributed by atoms with Crippen molar-refractivity contribution in [2.75, 3.05) is 6.54 Å². The second kappa shape index (κ2) is 5.38. The van der Waals surface area contributed by atoms with Gasteiger partial charge in [-0.2, -0.15) is 0 Å². The van der Waals surface area contributed by atoms with Crippen molar-refractivity contribution in [3.8, 4) is 0 Å². The Morgan fingerprint density at radius 3 is 2.76 bits per heavy atom. The van der Waals surface area contributed by atoms with Gasteiger partial charge in [0.2, 0.25) is 0 Å². The molecule has 0 saturated heterocycles. The second-order valence-electron chi connectivity index (χ2n) is 4.90. The summed E-state index contributed by atoms with van der Waals surface area (Å²) in [4.78, 5) is 12.0. The largest absolute Gasteiger partial charge is 0.351 e. The number of halogens is 1. The highest BCUT2D eigenvalue weighted by Gasteiger charge is 2.35. The molecule has 17 heavy (non-hydrogen) atoms. The van der Waals surface area contributed by atoms with Crippen LogP contribution in [-0.2, 0) is 0 Å². The number of hydrogen-bond donors (Lipinski definition) is 1. The van der Waals surface area contributed by atoms with Gasteiger partial charge in [-0.25, -0.2) is 0 Å². The minimum Gasteiger partial charge on any atom is -0.351 e. The van der Waals surface area contributed by atoms with Crippen molar-refractivity contribution >= 4 is 28.5 Å². The van der Waals surface area contributed by atoms with Gasteiger partial charge < -0.3 is 5.32 Å². The normalized spacial score (nSPS) is 17.3. The van der Waals surface area contributed by atoms with Crippen LogP contribution in [0, 0.1) is 8.99 Å². The first-order chi connectivity index (χ1) is 8.15. The number of hydrogen-bond acceptors (Lipinski definition) is 1. The number of carbonyl (C=O) groups excluding carboxylic acids is 1. The van der Waals surface area contributed by atoms with E-state index in [4.69, 9.17) is 0 Å². The first kappa shape index (κ1) is 12.9. The molecule has 0 bridgehead atoms. The van der Waals surface area contributed by atoms with E-state index in [2.05, 4.69) is 34.8 Å². The Balaban J connectivity index is 1.93. The lowest BCUT2D eigenvalue weighted by Gasteiger charge is -2.41. The van der Waals surface area contributed by atoms with Crippen molar-refractivity contribution in [1.82, 2.24) is 5.32 Å². The van der Waals surface area contributed by atoms with Crippen LogP contribution in [0.15, 0.2) is 24.3 Å². The van der Waals surface area contributed by atoms with Crippen LogP contribution in [0.2, 0.25) is 0 Å². The summed E-state index contributed by atoms with van der Waals surface area (Å²) in [5.74, 6) is 0.0586. The Hall–Kier alpha value is -0.580. The van der Waals surface area contributed by atoms with Gasteiger partial charge in [0.05, 0.1) is 0 Å². The van der Waals surface area contributed by atoms with Crippen molar-refractivity contribution in [1.29, 1.82) is 0 Å². The maximum Gasteiger partial charge on any atom is 0.251 e. The third-order valence-electron chi connectivity index (χ3n) is 3.87. The van der Waals surface area contributed by atoms with Crippen LogP contribution in [0.25, 0.3) is 0 Å². The fourth-order valence-corrected chi connectivity index (χ4v) is 2.87. The summed E-state index contributed by atoms with van der Waals surface area (Å²) in [6.07, 6.45) is 5.00. The summed E-state index contributed by atoms with van der Waals surface area (Å²) in [7, 11) is 0. The van der Waals surface area contributed by atoms with E-state index in [1.54, 1.807) is 0 Å². The molecule has 1 amide bonds. The van der Waals surface area contributed by atoms with Gasteiger partial charge in [-0.05, 0) is 65.5 Å². The summed E-state index contributed by atoms with van der Waals surface area (Å²) in [5, 5.41) is 3.08. The predicted octanol–water partition coefficient (Wildman–Crippen LogP) is 3.60. The van der Waals surface area contributed by atoms with Crippen LogP contribution in [-0.4, -0.2) is 12.5 Å². The van der Waals surface area contributed by atoms with Crippen molar-refractivity contribution in [3.05, 3.63) is 33.4 Å². The van der Waals surface area contributed by atoms with E-state index >= 15 is 0 Å². The lowest BCUT2D eigenvalue weighted by Crippen LogP contribution is -2.41. The van der Waals surface area contributed by atoms with Crippen molar-refractivity contribution in [2.45, 2.75) is 32.6 Å². The van der Waals surface area contributed by atoms with E-state index in [-0.39, 0.29) is 5.91 Å². The zero-order chi connectivity index (χ0) is 12.3. The smallest absolute Gasteiger partial charge is 0.251 e. The summed E-state index contributed by atoms with van der Waals surface area (Å²) in [6, 6.07) is 7.72. The molecule has 1 saturated carbocycles. The van der Waals surface area contributed by atoms with Crippen LogP contribution >= 0.6 is 22.6 Å². The van der Waals surface area contributed by atoms with E-state index in [0.717, 1.165) is 15.7 Å². The van der Waals surface area contributed by atoms with Gasteiger partial charge in [-0.3, -0.25) is 4.79 Å². The van der Waals surface area contributed by atoms with Gasteiger partial charge in [-0.15, -0.1) is 0 Å². The van der Waals surface area contributed by atoms with Crippen LogP contribution in [0.3, 0.4) is 0 Å². The molecule has 0 heterocycles. The standard InChI is InChI=1S/C14H18INO/c1-2-14(7-4-8-14)10-16-13(17)11-5-3-6-12(15)9-11/h3,5-6,9H,2,4,7-8,10H2,1H3,(H,16,17). The fraction of sp³-hybridized carbons (Fsp3) is 0.500. The zero-order valence-electron chi connectivity index (χ0n) is 10.1. The van der Waals surface area contributed by atoms with Crippen molar-refractivity contribution < 1.29 is 4.79 Å². The van der Waals surface area contributed by atoms with Crippen LogP contribution < -0.4 is 5.32 Å². The van der Waals surface area contributed by atoms with Crippen LogP contribution in [0.5, 0.6) is 0 Å². The second-order valence-corrected chi connectivity index (χ2v) is 6.15. The number of carbonyl (C=O) groups is 1. The first-order valence-corrected chi connectivity index (χ1v) is 7.27. The molecule has 1 aromatic carbocycles. The fourth-order valence-electron chi connectivity index (χ4n) is 2.33. The van der Waals surface area contributed by atoms with Gasteiger partial charge in [0, 0.05) is 15.7 Å². The maximum absolute atomic E-state index is 12.0. The Morgan fingerprint density at radius 2 is 2.24 bits per heavy atom. The molecule has 3 heteroatoms. The van der Waals surface area contributed by atoms with E-state index in [1.165, 1.54) is 25.7 Å². The molecular weight excluding hydrogens is 325 g/mol. The summed E-state index contributed by atoms with van der Waals surface area (Å²) in [6.45, 7) is 3.05. The van der Waals surface area contributed by atoms with Gasteiger partial charge in [0.1, 0.15) is 0 Å². The van der Waals surface area contributed by atoms with Crippen LogP contribution in [0.1, 0.15) is 43.0 Å².